The summed E-state index contributed by atoms with van der Waals surface area (Å²) in [6.45, 7) is 0.453. The van der Waals surface area contributed by atoms with Gasteiger partial charge >= 0.3 is 0 Å². The summed E-state index contributed by atoms with van der Waals surface area (Å²) in [4.78, 5) is 38.2. The highest BCUT2D eigenvalue weighted by molar-refractivity contribution is 8.18. The number of aromatic hydroxyl groups is 1. The van der Waals surface area contributed by atoms with Gasteiger partial charge in [0.2, 0.25) is 5.91 Å². The van der Waals surface area contributed by atoms with Crippen LogP contribution in [0.5, 0.6) is 17.2 Å². The molecular weight excluding hydrogens is 432 g/mol. The molecular formula is C20H15ClN2O6S. The summed E-state index contributed by atoms with van der Waals surface area (Å²) in [7, 11) is 0. The minimum Gasteiger partial charge on any atom is -0.506 e. The maximum Gasteiger partial charge on any atom is 0.294 e. The zero-order valence-corrected chi connectivity index (χ0v) is 17.0. The SMILES string of the molecule is O=C(CN1C(=O)S/C(=C/c2ccc(O)c(Cl)c2)C1=O)Nc1ccc2c(c1)OCCO2. The molecule has 2 aliphatic heterocycles. The van der Waals surface area contributed by atoms with Crippen molar-refractivity contribution in [2.24, 2.45) is 0 Å². The van der Waals surface area contributed by atoms with Crippen LogP contribution in [0, 0.1) is 0 Å². The van der Waals surface area contributed by atoms with E-state index in [9.17, 15) is 19.5 Å². The van der Waals surface area contributed by atoms with E-state index in [0.29, 0.717) is 36.0 Å². The minimum atomic E-state index is -0.577. The van der Waals surface area contributed by atoms with Gasteiger partial charge in [0.25, 0.3) is 11.1 Å². The number of hydrogen-bond acceptors (Lipinski definition) is 7. The zero-order valence-electron chi connectivity index (χ0n) is 15.4. The van der Waals surface area contributed by atoms with Gasteiger partial charge < -0.3 is 19.9 Å². The molecule has 10 heteroatoms. The van der Waals surface area contributed by atoms with E-state index in [0.717, 1.165) is 16.7 Å². The minimum absolute atomic E-state index is 0.0854. The maximum absolute atomic E-state index is 12.6. The van der Waals surface area contributed by atoms with Gasteiger partial charge in [-0.3, -0.25) is 19.3 Å². The molecule has 1 saturated heterocycles. The van der Waals surface area contributed by atoms with Gasteiger partial charge in [-0.15, -0.1) is 0 Å². The van der Waals surface area contributed by atoms with Crippen LogP contribution < -0.4 is 14.8 Å². The Morgan fingerprint density at radius 3 is 2.70 bits per heavy atom. The van der Waals surface area contributed by atoms with Gasteiger partial charge in [0.05, 0.1) is 9.93 Å². The number of anilines is 1. The Morgan fingerprint density at radius 2 is 1.93 bits per heavy atom. The number of ether oxygens (including phenoxy) is 2. The van der Waals surface area contributed by atoms with E-state index in [4.69, 9.17) is 21.1 Å². The second-order valence-corrected chi connectivity index (χ2v) is 7.79. The normalized spacial score (nSPS) is 16.8. The fourth-order valence-corrected chi connectivity index (χ4v) is 3.89. The van der Waals surface area contributed by atoms with Gasteiger partial charge in [-0.05, 0) is 47.7 Å². The van der Waals surface area contributed by atoms with E-state index in [-0.39, 0.29) is 15.7 Å². The first-order valence-corrected chi connectivity index (χ1v) is 10.0. The van der Waals surface area contributed by atoms with Gasteiger partial charge in [-0.2, -0.15) is 0 Å². The van der Waals surface area contributed by atoms with Crippen LogP contribution in [0.2, 0.25) is 5.02 Å². The summed E-state index contributed by atoms with van der Waals surface area (Å²) >= 11 is 6.60. The molecule has 0 atom stereocenters. The van der Waals surface area contributed by atoms with Crippen molar-refractivity contribution >= 4 is 52.2 Å². The molecule has 0 spiro atoms. The van der Waals surface area contributed by atoms with Crippen molar-refractivity contribution in [2.75, 3.05) is 25.1 Å². The molecule has 2 N–H and O–H groups in total. The molecule has 1 fully saturated rings. The number of benzene rings is 2. The van der Waals surface area contributed by atoms with Crippen molar-refractivity contribution < 1.29 is 29.0 Å². The number of halogens is 1. The average molecular weight is 447 g/mol. The molecule has 3 amide bonds. The number of nitrogens with zero attached hydrogens (tertiary/aromatic N) is 1. The predicted octanol–water partition coefficient (Wildman–Crippen LogP) is 3.49. The first-order valence-electron chi connectivity index (χ1n) is 8.84. The molecule has 2 aromatic carbocycles. The molecule has 8 nitrogen and oxygen atoms in total. The molecule has 0 saturated carbocycles. The van der Waals surface area contributed by atoms with E-state index in [2.05, 4.69) is 5.32 Å². The molecule has 30 heavy (non-hydrogen) atoms. The van der Waals surface area contributed by atoms with Crippen LogP contribution in [0.25, 0.3) is 6.08 Å². The van der Waals surface area contributed by atoms with E-state index < -0.39 is 23.6 Å². The lowest BCUT2D eigenvalue weighted by atomic mass is 10.2. The largest absolute Gasteiger partial charge is 0.506 e. The molecule has 4 rings (SSSR count). The fraction of sp³-hybridized carbons (Fsp3) is 0.150. The van der Waals surface area contributed by atoms with E-state index in [1.54, 1.807) is 24.3 Å². The van der Waals surface area contributed by atoms with Crippen molar-refractivity contribution in [3.8, 4) is 17.2 Å². The Kier molecular flexibility index (Phi) is 5.56. The second-order valence-electron chi connectivity index (χ2n) is 6.39. The molecule has 2 heterocycles. The molecule has 0 unspecified atom stereocenters. The topological polar surface area (TPSA) is 105 Å². The first-order chi connectivity index (χ1) is 14.4. The van der Waals surface area contributed by atoms with Crippen molar-refractivity contribution in [3.63, 3.8) is 0 Å². The lowest BCUT2D eigenvalue weighted by Crippen LogP contribution is -2.36. The summed E-state index contributed by atoms with van der Waals surface area (Å²) in [5, 5.41) is 11.7. The number of carbonyl (C=O) groups is 3. The fourth-order valence-electron chi connectivity index (χ4n) is 2.87. The van der Waals surface area contributed by atoms with Gasteiger partial charge in [0.15, 0.2) is 11.5 Å². The highest BCUT2D eigenvalue weighted by Crippen LogP contribution is 2.34. The number of rotatable bonds is 4. The lowest BCUT2D eigenvalue weighted by molar-refractivity contribution is -0.127. The van der Waals surface area contributed by atoms with Crippen molar-refractivity contribution in [2.45, 2.75) is 0 Å². The molecule has 2 aliphatic rings. The first kappa shape index (κ1) is 20.1. The number of carbonyl (C=O) groups excluding carboxylic acids is 3. The highest BCUT2D eigenvalue weighted by atomic mass is 35.5. The number of fused-ring (bicyclic) bond motifs is 1. The number of phenolic OH excluding ortho intramolecular Hbond substituents is 1. The number of amides is 3. The van der Waals surface area contributed by atoms with Gasteiger partial charge in [0, 0.05) is 11.8 Å². The zero-order chi connectivity index (χ0) is 21.3. The third-order valence-corrected chi connectivity index (χ3v) is 5.48. The third kappa shape index (κ3) is 4.22. The highest BCUT2D eigenvalue weighted by Gasteiger charge is 2.36. The Labute approximate surface area is 180 Å². The summed E-state index contributed by atoms with van der Waals surface area (Å²) in [6.07, 6.45) is 1.48. The Hall–Kier alpha value is -3.17. The average Bonchev–Trinajstić information content (AvgIpc) is 2.98. The van der Waals surface area contributed by atoms with Crippen LogP contribution in [0.1, 0.15) is 5.56 Å². The number of nitrogens with one attached hydrogen (secondary N) is 1. The summed E-state index contributed by atoms with van der Waals surface area (Å²) in [5.41, 5.74) is 1.01. The molecule has 0 aliphatic carbocycles. The van der Waals surface area contributed by atoms with E-state index >= 15 is 0 Å². The van der Waals surface area contributed by atoms with Gasteiger partial charge in [0.1, 0.15) is 25.5 Å². The Morgan fingerprint density at radius 1 is 1.17 bits per heavy atom. The van der Waals surface area contributed by atoms with Crippen LogP contribution in [-0.4, -0.2) is 46.8 Å². The molecule has 0 radical (unpaired) electrons. The quantitative estimate of drug-likeness (QED) is 0.692. The number of thioether (sulfide) groups is 1. The predicted molar refractivity (Wildman–Crippen MR) is 112 cm³/mol. The van der Waals surface area contributed by atoms with E-state index in [1.165, 1.54) is 18.2 Å². The standard InChI is InChI=1S/C20H15ClN2O6S/c21-13-7-11(1-3-14(13)24)8-17-19(26)23(20(27)30-17)10-18(25)22-12-2-4-15-16(9-12)29-6-5-28-15/h1-4,7-9,24H,5-6,10H2,(H,22,25)/b17-8+. The molecule has 0 aromatic heterocycles. The third-order valence-electron chi connectivity index (χ3n) is 4.27. The van der Waals surface area contributed by atoms with Crippen LogP contribution in [0.4, 0.5) is 10.5 Å². The Bertz CT molecular complexity index is 1090. The van der Waals surface area contributed by atoms with Crippen LogP contribution in [0.3, 0.4) is 0 Å². The van der Waals surface area contributed by atoms with Crippen molar-refractivity contribution in [3.05, 3.63) is 51.9 Å². The summed E-state index contributed by atoms with van der Waals surface area (Å²) < 4.78 is 10.9. The molecule has 154 valence electrons. The van der Waals surface area contributed by atoms with Crippen molar-refractivity contribution in [1.29, 1.82) is 0 Å². The lowest BCUT2D eigenvalue weighted by Gasteiger charge is -2.19. The Balaban J connectivity index is 1.43. The van der Waals surface area contributed by atoms with Crippen LogP contribution >= 0.6 is 23.4 Å². The second kappa shape index (κ2) is 8.29. The number of hydrogen-bond donors (Lipinski definition) is 2. The summed E-state index contributed by atoms with van der Waals surface area (Å²) in [6, 6.07) is 9.36. The molecule has 2 aromatic rings. The van der Waals surface area contributed by atoms with Gasteiger partial charge in [-0.25, -0.2) is 0 Å². The van der Waals surface area contributed by atoms with Crippen LogP contribution in [-0.2, 0) is 9.59 Å². The number of imide groups is 1. The molecule has 0 bridgehead atoms. The maximum atomic E-state index is 12.6. The summed E-state index contributed by atoms with van der Waals surface area (Å²) in [5.74, 6) is -0.0856. The van der Waals surface area contributed by atoms with Gasteiger partial charge in [-0.1, -0.05) is 17.7 Å². The van der Waals surface area contributed by atoms with E-state index in [1.807, 2.05) is 0 Å². The smallest absolute Gasteiger partial charge is 0.294 e. The monoisotopic (exact) mass is 446 g/mol. The number of phenols is 1. The van der Waals surface area contributed by atoms with Crippen molar-refractivity contribution in [1.82, 2.24) is 4.90 Å². The van der Waals surface area contributed by atoms with Crippen LogP contribution in [0.15, 0.2) is 41.3 Å².